The van der Waals surface area contributed by atoms with E-state index in [0.29, 0.717) is 0 Å². The molecule has 1 aliphatic rings. The fraction of sp³-hybridized carbons (Fsp3) is 0.400. The minimum Gasteiger partial charge on any atom is -0.330 e. The Labute approximate surface area is 86.5 Å². The smallest absolute Gasteiger partial charge is 0.0130 e. The molecule has 1 fully saturated rings. The Kier molecular flexibility index (Phi) is 2.37. The number of hydrogen-bond acceptors (Lipinski definition) is 1. The number of rotatable bonds is 2. The van der Waals surface area contributed by atoms with Gasteiger partial charge in [0.2, 0.25) is 0 Å². The highest BCUT2D eigenvalue weighted by molar-refractivity contribution is 14.1. The third-order valence-electron chi connectivity index (χ3n) is 2.52. The second-order valence-electron chi connectivity index (χ2n) is 3.39. The maximum Gasteiger partial charge on any atom is 0.0130 e. The van der Waals surface area contributed by atoms with E-state index >= 15 is 0 Å². The molecule has 1 aliphatic carbocycles. The van der Waals surface area contributed by atoms with Crippen molar-refractivity contribution in [2.45, 2.75) is 12.3 Å². The van der Waals surface area contributed by atoms with E-state index in [0.717, 1.165) is 18.4 Å². The van der Waals surface area contributed by atoms with Crippen molar-refractivity contribution in [3.63, 3.8) is 0 Å². The van der Waals surface area contributed by atoms with Gasteiger partial charge in [-0.1, -0.05) is 12.1 Å². The predicted molar refractivity (Wildman–Crippen MR) is 59.1 cm³/mol. The fourth-order valence-corrected chi connectivity index (χ4v) is 1.99. The molecule has 2 atom stereocenters. The van der Waals surface area contributed by atoms with Gasteiger partial charge in [0.25, 0.3) is 0 Å². The molecular formula is C10H12IN. The standard InChI is InChI=1S/C10H12IN/c11-9-3-1-7(2-4-9)10-5-8(10)6-12/h1-4,8,10H,5-6,12H2. The van der Waals surface area contributed by atoms with Crippen LogP contribution in [0.1, 0.15) is 17.9 Å². The van der Waals surface area contributed by atoms with Crippen LogP contribution in [0.25, 0.3) is 0 Å². The van der Waals surface area contributed by atoms with E-state index in [1.807, 2.05) is 0 Å². The van der Waals surface area contributed by atoms with Crippen molar-refractivity contribution in [3.8, 4) is 0 Å². The highest BCUT2D eigenvalue weighted by Gasteiger charge is 2.36. The third-order valence-corrected chi connectivity index (χ3v) is 3.24. The molecular weight excluding hydrogens is 261 g/mol. The molecule has 0 bridgehead atoms. The summed E-state index contributed by atoms with van der Waals surface area (Å²) >= 11 is 2.33. The lowest BCUT2D eigenvalue weighted by atomic mass is 10.1. The van der Waals surface area contributed by atoms with Crippen molar-refractivity contribution in [3.05, 3.63) is 33.4 Å². The monoisotopic (exact) mass is 273 g/mol. The van der Waals surface area contributed by atoms with Gasteiger partial charge in [-0.15, -0.1) is 0 Å². The van der Waals surface area contributed by atoms with E-state index in [2.05, 4.69) is 46.9 Å². The van der Waals surface area contributed by atoms with Crippen molar-refractivity contribution in [2.75, 3.05) is 6.54 Å². The van der Waals surface area contributed by atoms with Crippen LogP contribution in [0.3, 0.4) is 0 Å². The van der Waals surface area contributed by atoms with E-state index in [4.69, 9.17) is 5.73 Å². The van der Waals surface area contributed by atoms with E-state index in [1.54, 1.807) is 0 Å². The molecule has 0 spiro atoms. The van der Waals surface area contributed by atoms with E-state index in [-0.39, 0.29) is 0 Å². The van der Waals surface area contributed by atoms with Gasteiger partial charge in [0.05, 0.1) is 0 Å². The Hall–Kier alpha value is -0.0900. The summed E-state index contributed by atoms with van der Waals surface area (Å²) in [6, 6.07) is 8.79. The fourth-order valence-electron chi connectivity index (χ4n) is 1.63. The first-order valence-corrected chi connectivity index (χ1v) is 5.34. The topological polar surface area (TPSA) is 26.0 Å². The summed E-state index contributed by atoms with van der Waals surface area (Å²) in [5.74, 6) is 1.51. The van der Waals surface area contributed by atoms with Gasteiger partial charge in [-0.2, -0.15) is 0 Å². The molecule has 12 heavy (non-hydrogen) atoms. The Balaban J connectivity index is 2.10. The molecule has 1 nitrogen and oxygen atoms in total. The molecule has 0 saturated heterocycles. The van der Waals surface area contributed by atoms with E-state index < -0.39 is 0 Å². The molecule has 64 valence electrons. The second-order valence-corrected chi connectivity index (χ2v) is 4.64. The lowest BCUT2D eigenvalue weighted by molar-refractivity contribution is 0.809. The predicted octanol–water partition coefficient (Wildman–Crippen LogP) is 2.35. The van der Waals surface area contributed by atoms with Gasteiger partial charge in [-0.25, -0.2) is 0 Å². The average molecular weight is 273 g/mol. The first kappa shape index (κ1) is 8.51. The van der Waals surface area contributed by atoms with E-state index in [1.165, 1.54) is 15.6 Å². The first-order valence-electron chi connectivity index (χ1n) is 4.27. The number of benzene rings is 1. The van der Waals surface area contributed by atoms with Crippen molar-refractivity contribution >= 4 is 22.6 Å². The molecule has 2 heteroatoms. The molecule has 0 aromatic heterocycles. The zero-order valence-electron chi connectivity index (χ0n) is 6.83. The van der Waals surface area contributed by atoms with Crippen molar-refractivity contribution in [1.29, 1.82) is 0 Å². The van der Waals surface area contributed by atoms with Gasteiger partial charge in [0.15, 0.2) is 0 Å². The largest absolute Gasteiger partial charge is 0.330 e. The maximum absolute atomic E-state index is 5.59. The van der Waals surface area contributed by atoms with Crippen LogP contribution in [0.2, 0.25) is 0 Å². The summed E-state index contributed by atoms with van der Waals surface area (Å²) in [5, 5.41) is 0. The molecule has 1 aromatic rings. The van der Waals surface area contributed by atoms with Gasteiger partial charge in [0.1, 0.15) is 0 Å². The quantitative estimate of drug-likeness (QED) is 0.822. The normalized spacial score (nSPS) is 27.2. The SMILES string of the molecule is NCC1CC1c1ccc(I)cc1. The summed E-state index contributed by atoms with van der Waals surface area (Å²) in [4.78, 5) is 0. The summed E-state index contributed by atoms with van der Waals surface area (Å²) in [5.41, 5.74) is 7.05. The van der Waals surface area contributed by atoms with Gasteiger partial charge >= 0.3 is 0 Å². The molecule has 0 amide bonds. The highest BCUT2D eigenvalue weighted by atomic mass is 127. The average Bonchev–Trinajstić information content (AvgIpc) is 2.85. The van der Waals surface area contributed by atoms with Crippen LogP contribution in [0, 0.1) is 9.49 Å². The van der Waals surface area contributed by atoms with Crippen LogP contribution >= 0.6 is 22.6 Å². The summed E-state index contributed by atoms with van der Waals surface area (Å²) in [6.45, 7) is 0.844. The second kappa shape index (κ2) is 3.34. The molecule has 0 heterocycles. The van der Waals surface area contributed by atoms with Crippen molar-refractivity contribution in [1.82, 2.24) is 0 Å². The van der Waals surface area contributed by atoms with Crippen molar-refractivity contribution in [2.24, 2.45) is 11.7 Å². The van der Waals surface area contributed by atoms with Crippen LogP contribution in [0.15, 0.2) is 24.3 Å². The minimum absolute atomic E-state index is 0.755. The zero-order chi connectivity index (χ0) is 8.55. The number of hydrogen-bond donors (Lipinski definition) is 1. The van der Waals surface area contributed by atoms with Crippen LogP contribution in [0.5, 0.6) is 0 Å². The first-order chi connectivity index (χ1) is 5.81. The lowest BCUT2D eigenvalue weighted by Gasteiger charge is -1.98. The Morgan fingerprint density at radius 3 is 2.50 bits per heavy atom. The van der Waals surface area contributed by atoms with Gasteiger partial charge in [-0.3, -0.25) is 0 Å². The van der Waals surface area contributed by atoms with Crippen LogP contribution in [0.4, 0.5) is 0 Å². The van der Waals surface area contributed by atoms with Crippen LogP contribution in [-0.2, 0) is 0 Å². The Morgan fingerprint density at radius 2 is 2.00 bits per heavy atom. The Bertz CT molecular complexity index is 268. The Morgan fingerprint density at radius 1 is 1.33 bits per heavy atom. The van der Waals surface area contributed by atoms with E-state index in [9.17, 15) is 0 Å². The minimum atomic E-state index is 0.755. The third kappa shape index (κ3) is 1.64. The van der Waals surface area contributed by atoms with Gasteiger partial charge < -0.3 is 5.73 Å². The van der Waals surface area contributed by atoms with Gasteiger partial charge in [-0.05, 0) is 65.1 Å². The van der Waals surface area contributed by atoms with Crippen LogP contribution < -0.4 is 5.73 Å². The maximum atomic E-state index is 5.59. The summed E-state index contributed by atoms with van der Waals surface area (Å²) in [7, 11) is 0. The summed E-state index contributed by atoms with van der Waals surface area (Å²) < 4.78 is 1.31. The summed E-state index contributed by atoms with van der Waals surface area (Å²) in [6.07, 6.45) is 1.29. The van der Waals surface area contributed by atoms with Crippen LogP contribution in [-0.4, -0.2) is 6.54 Å². The molecule has 0 radical (unpaired) electrons. The number of halogens is 1. The zero-order valence-corrected chi connectivity index (χ0v) is 8.99. The molecule has 2 unspecified atom stereocenters. The molecule has 1 aromatic carbocycles. The molecule has 2 rings (SSSR count). The highest BCUT2D eigenvalue weighted by Crippen LogP contribution is 2.46. The van der Waals surface area contributed by atoms with Gasteiger partial charge in [0, 0.05) is 3.57 Å². The lowest BCUT2D eigenvalue weighted by Crippen LogP contribution is -2.01. The van der Waals surface area contributed by atoms with Crippen molar-refractivity contribution < 1.29 is 0 Å². The molecule has 1 saturated carbocycles. The molecule has 0 aliphatic heterocycles. The molecule has 2 N–H and O–H groups in total. The number of nitrogens with two attached hydrogens (primary N) is 1.